The highest BCUT2D eigenvalue weighted by Crippen LogP contribution is 2.16. The molecule has 1 aromatic heterocycles. The topological polar surface area (TPSA) is 68.0 Å². The molecule has 5 heteroatoms. The average Bonchev–Trinajstić information content (AvgIpc) is 3.05. The van der Waals surface area contributed by atoms with E-state index < -0.39 is 0 Å². The molecule has 116 valence electrons. The van der Waals surface area contributed by atoms with Gasteiger partial charge in [-0.25, -0.2) is 0 Å². The molecule has 0 spiro atoms. The summed E-state index contributed by atoms with van der Waals surface area (Å²) in [5, 5.41) is 6.72. The van der Waals surface area contributed by atoms with Crippen molar-refractivity contribution in [2.75, 3.05) is 0 Å². The number of carbonyl (C=O) groups excluding carboxylic acids is 1. The van der Waals surface area contributed by atoms with Gasteiger partial charge in [0.15, 0.2) is 5.82 Å². The van der Waals surface area contributed by atoms with Crippen molar-refractivity contribution in [2.24, 2.45) is 0 Å². The Kier molecular flexibility index (Phi) is 4.19. The lowest BCUT2D eigenvalue weighted by atomic mass is 10.1. The second kappa shape index (κ2) is 6.44. The molecule has 3 rings (SSSR count). The van der Waals surface area contributed by atoms with Gasteiger partial charge in [-0.1, -0.05) is 41.1 Å². The molecule has 1 N–H and O–H groups in total. The Hall–Kier alpha value is -2.95. The molecule has 0 aliphatic rings. The highest BCUT2D eigenvalue weighted by Gasteiger charge is 2.12. The molecule has 0 fully saturated rings. The van der Waals surface area contributed by atoms with Crippen LogP contribution >= 0.6 is 0 Å². The smallest absolute Gasteiger partial charge is 0.257 e. The summed E-state index contributed by atoms with van der Waals surface area (Å²) in [5.41, 5.74) is 3.50. The van der Waals surface area contributed by atoms with Gasteiger partial charge in [0.2, 0.25) is 0 Å². The maximum absolute atomic E-state index is 12.3. The Morgan fingerprint density at radius 2 is 1.91 bits per heavy atom. The minimum atomic E-state index is -0.141. The Morgan fingerprint density at radius 1 is 1.13 bits per heavy atom. The molecule has 23 heavy (non-hydrogen) atoms. The van der Waals surface area contributed by atoms with E-state index in [0.29, 0.717) is 17.3 Å². The number of benzene rings is 2. The number of aromatic nitrogens is 2. The van der Waals surface area contributed by atoms with Crippen LogP contribution in [0.15, 0.2) is 53.1 Å². The molecular weight excluding hydrogens is 290 g/mol. The monoisotopic (exact) mass is 307 g/mol. The first kappa shape index (κ1) is 15.0. The number of nitrogens with one attached hydrogen (secondary N) is 1. The van der Waals surface area contributed by atoms with Crippen LogP contribution < -0.4 is 5.32 Å². The summed E-state index contributed by atoms with van der Waals surface area (Å²) in [6.45, 7) is 4.10. The second-order valence-electron chi connectivity index (χ2n) is 5.38. The van der Waals surface area contributed by atoms with Crippen molar-refractivity contribution in [3.05, 3.63) is 71.0 Å². The van der Waals surface area contributed by atoms with Crippen LogP contribution in [0.3, 0.4) is 0 Å². The lowest BCUT2D eigenvalue weighted by molar-refractivity contribution is 0.0949. The molecule has 0 unspecified atom stereocenters. The quantitative estimate of drug-likeness (QED) is 0.803. The zero-order valence-corrected chi connectivity index (χ0v) is 13.0. The van der Waals surface area contributed by atoms with E-state index in [9.17, 15) is 4.79 Å². The van der Waals surface area contributed by atoms with E-state index in [0.717, 1.165) is 16.7 Å². The molecule has 1 amide bonds. The van der Waals surface area contributed by atoms with Crippen LogP contribution in [0.2, 0.25) is 0 Å². The van der Waals surface area contributed by atoms with Crippen molar-refractivity contribution in [2.45, 2.75) is 20.4 Å². The Labute approximate surface area is 134 Å². The fraction of sp³-hybridized carbons (Fsp3) is 0.167. The zero-order chi connectivity index (χ0) is 16.2. The summed E-state index contributed by atoms with van der Waals surface area (Å²) >= 11 is 0. The van der Waals surface area contributed by atoms with Crippen molar-refractivity contribution in [1.29, 1.82) is 0 Å². The van der Waals surface area contributed by atoms with Gasteiger partial charge in [-0.05, 0) is 37.6 Å². The van der Waals surface area contributed by atoms with Crippen molar-refractivity contribution in [1.82, 2.24) is 15.5 Å². The molecule has 0 atom stereocenters. The third-order valence-electron chi connectivity index (χ3n) is 3.53. The number of amides is 1. The van der Waals surface area contributed by atoms with Crippen molar-refractivity contribution < 1.29 is 9.32 Å². The number of carbonyl (C=O) groups is 1. The number of nitrogens with zero attached hydrogens (tertiary/aromatic N) is 2. The fourth-order valence-corrected chi connectivity index (χ4v) is 2.26. The van der Waals surface area contributed by atoms with E-state index in [1.165, 1.54) is 0 Å². The van der Waals surface area contributed by atoms with Gasteiger partial charge in [0.25, 0.3) is 11.8 Å². The maximum Gasteiger partial charge on any atom is 0.257 e. The van der Waals surface area contributed by atoms with Crippen LogP contribution in [0.4, 0.5) is 0 Å². The average molecular weight is 307 g/mol. The molecule has 2 aromatic carbocycles. The second-order valence-corrected chi connectivity index (χ2v) is 5.38. The zero-order valence-electron chi connectivity index (χ0n) is 13.0. The van der Waals surface area contributed by atoms with Crippen LogP contribution in [-0.4, -0.2) is 16.0 Å². The van der Waals surface area contributed by atoms with E-state index >= 15 is 0 Å². The van der Waals surface area contributed by atoms with Gasteiger partial charge < -0.3 is 9.84 Å². The molecule has 3 aromatic rings. The van der Waals surface area contributed by atoms with Crippen LogP contribution in [0, 0.1) is 13.8 Å². The van der Waals surface area contributed by atoms with Crippen molar-refractivity contribution in [3.63, 3.8) is 0 Å². The predicted octanol–water partition coefficient (Wildman–Crippen LogP) is 3.28. The molecule has 0 aliphatic heterocycles. The predicted molar refractivity (Wildman–Crippen MR) is 86.8 cm³/mol. The largest absolute Gasteiger partial charge is 0.345 e. The summed E-state index contributed by atoms with van der Waals surface area (Å²) in [6, 6.07) is 15.3. The number of rotatable bonds is 4. The first-order chi connectivity index (χ1) is 11.1. The summed E-state index contributed by atoms with van der Waals surface area (Å²) in [7, 11) is 0. The molecule has 0 radical (unpaired) electrons. The molecule has 0 saturated heterocycles. The Bertz CT molecular complexity index is 825. The molecular formula is C18H17N3O2. The highest BCUT2D eigenvalue weighted by molar-refractivity contribution is 5.95. The first-order valence-electron chi connectivity index (χ1n) is 7.37. The van der Waals surface area contributed by atoms with Crippen molar-refractivity contribution in [3.8, 4) is 11.5 Å². The normalized spacial score (nSPS) is 10.5. The van der Waals surface area contributed by atoms with Gasteiger partial charge in [-0.2, -0.15) is 4.98 Å². The van der Waals surface area contributed by atoms with Crippen LogP contribution in [0.25, 0.3) is 11.5 Å². The molecule has 0 bridgehead atoms. The SMILES string of the molecule is Cc1ccc(C)c(C(=O)NCc2noc(-c3ccccc3)n2)c1. The van der Waals surface area contributed by atoms with E-state index in [4.69, 9.17) is 4.52 Å². The summed E-state index contributed by atoms with van der Waals surface area (Å²) < 4.78 is 5.22. The maximum atomic E-state index is 12.3. The standard InChI is InChI=1S/C18H17N3O2/c1-12-8-9-13(2)15(10-12)17(22)19-11-16-20-18(23-21-16)14-6-4-3-5-7-14/h3-10H,11H2,1-2H3,(H,19,22). The Morgan fingerprint density at radius 3 is 2.70 bits per heavy atom. The van der Waals surface area contributed by atoms with Gasteiger partial charge in [0.05, 0.1) is 6.54 Å². The molecule has 1 heterocycles. The van der Waals surface area contributed by atoms with Crippen LogP contribution in [-0.2, 0) is 6.54 Å². The fourth-order valence-electron chi connectivity index (χ4n) is 2.26. The van der Waals surface area contributed by atoms with E-state index in [1.807, 2.05) is 62.4 Å². The van der Waals surface area contributed by atoms with Crippen molar-refractivity contribution >= 4 is 5.91 Å². The number of aryl methyl sites for hydroxylation is 2. The van der Waals surface area contributed by atoms with E-state index in [-0.39, 0.29) is 12.5 Å². The summed E-state index contributed by atoms with van der Waals surface area (Å²) in [4.78, 5) is 16.6. The molecule has 0 saturated carbocycles. The minimum Gasteiger partial charge on any atom is -0.345 e. The molecule has 0 aliphatic carbocycles. The Balaban J connectivity index is 1.68. The third kappa shape index (κ3) is 3.45. The highest BCUT2D eigenvalue weighted by atomic mass is 16.5. The van der Waals surface area contributed by atoms with Gasteiger partial charge in [-0.15, -0.1) is 0 Å². The number of hydrogen-bond donors (Lipinski definition) is 1. The van der Waals surface area contributed by atoms with E-state index in [1.54, 1.807) is 0 Å². The first-order valence-corrected chi connectivity index (χ1v) is 7.37. The van der Waals surface area contributed by atoms with Gasteiger partial charge in [0, 0.05) is 11.1 Å². The molecule has 5 nitrogen and oxygen atoms in total. The lowest BCUT2D eigenvalue weighted by Crippen LogP contribution is -2.24. The third-order valence-corrected chi connectivity index (χ3v) is 3.53. The minimum absolute atomic E-state index is 0.141. The van der Waals surface area contributed by atoms with Gasteiger partial charge in [-0.3, -0.25) is 4.79 Å². The lowest BCUT2D eigenvalue weighted by Gasteiger charge is -2.06. The number of hydrogen-bond acceptors (Lipinski definition) is 4. The van der Waals surface area contributed by atoms with Crippen LogP contribution in [0.1, 0.15) is 27.3 Å². The van der Waals surface area contributed by atoms with Gasteiger partial charge >= 0.3 is 0 Å². The van der Waals surface area contributed by atoms with E-state index in [2.05, 4.69) is 15.5 Å². The summed E-state index contributed by atoms with van der Waals surface area (Å²) in [5.74, 6) is 0.751. The summed E-state index contributed by atoms with van der Waals surface area (Å²) in [6.07, 6.45) is 0. The van der Waals surface area contributed by atoms with Gasteiger partial charge in [0.1, 0.15) is 0 Å². The van der Waals surface area contributed by atoms with Crippen LogP contribution in [0.5, 0.6) is 0 Å².